The highest BCUT2D eigenvalue weighted by Gasteiger charge is 2.09. The van der Waals surface area contributed by atoms with Crippen LogP contribution in [0.4, 0.5) is 25.8 Å². The second-order valence-electron chi connectivity index (χ2n) is 3.93. The lowest BCUT2D eigenvalue weighted by Crippen LogP contribution is -2.01. The van der Waals surface area contributed by atoms with Crippen molar-refractivity contribution >= 4 is 28.7 Å². The van der Waals surface area contributed by atoms with Gasteiger partial charge in [-0.2, -0.15) is 0 Å². The van der Waals surface area contributed by atoms with Gasteiger partial charge in [0.15, 0.2) is 5.82 Å². The summed E-state index contributed by atoms with van der Waals surface area (Å²) in [6.45, 7) is 1.83. The van der Waals surface area contributed by atoms with Crippen molar-refractivity contribution in [2.24, 2.45) is 0 Å². The van der Waals surface area contributed by atoms with Crippen LogP contribution < -0.4 is 11.1 Å². The number of nitrogen functional groups attached to an aromatic ring is 1. The molecular formula is C13H11ClF2N2. The summed E-state index contributed by atoms with van der Waals surface area (Å²) in [5, 5.41) is 3.48. The van der Waals surface area contributed by atoms with E-state index in [4.69, 9.17) is 17.3 Å². The third-order valence-electron chi connectivity index (χ3n) is 2.55. The molecule has 0 amide bonds. The van der Waals surface area contributed by atoms with Crippen LogP contribution in [0, 0.1) is 18.6 Å². The van der Waals surface area contributed by atoms with Crippen LogP contribution in [0.25, 0.3) is 0 Å². The summed E-state index contributed by atoms with van der Waals surface area (Å²) in [4.78, 5) is 0. The van der Waals surface area contributed by atoms with E-state index >= 15 is 0 Å². The van der Waals surface area contributed by atoms with Crippen LogP contribution in [0.2, 0.25) is 5.02 Å². The van der Waals surface area contributed by atoms with Crippen LogP contribution in [0.15, 0.2) is 30.3 Å². The fourth-order valence-electron chi connectivity index (χ4n) is 1.60. The van der Waals surface area contributed by atoms with Gasteiger partial charge in [0.05, 0.1) is 11.4 Å². The van der Waals surface area contributed by atoms with Gasteiger partial charge in [-0.15, -0.1) is 0 Å². The monoisotopic (exact) mass is 268 g/mol. The molecule has 0 aliphatic carbocycles. The number of nitrogens with one attached hydrogen (secondary N) is 1. The van der Waals surface area contributed by atoms with Gasteiger partial charge in [-0.05, 0) is 36.8 Å². The van der Waals surface area contributed by atoms with Crippen LogP contribution in [-0.2, 0) is 0 Å². The van der Waals surface area contributed by atoms with Crippen LogP contribution in [0.5, 0.6) is 0 Å². The Morgan fingerprint density at radius 2 is 1.83 bits per heavy atom. The first-order valence-electron chi connectivity index (χ1n) is 5.25. The zero-order valence-electron chi connectivity index (χ0n) is 9.60. The minimum absolute atomic E-state index is 0.120. The predicted molar refractivity (Wildman–Crippen MR) is 70.2 cm³/mol. The Balaban J connectivity index is 2.40. The fourth-order valence-corrected chi connectivity index (χ4v) is 1.83. The summed E-state index contributed by atoms with van der Waals surface area (Å²) in [6, 6.07) is 7.04. The molecule has 0 heterocycles. The minimum Gasteiger partial charge on any atom is -0.395 e. The van der Waals surface area contributed by atoms with Crippen LogP contribution in [0.3, 0.4) is 0 Å². The Morgan fingerprint density at radius 1 is 1.11 bits per heavy atom. The molecule has 2 aromatic carbocycles. The second-order valence-corrected chi connectivity index (χ2v) is 4.37. The molecule has 0 atom stereocenters. The average Bonchev–Trinajstić information content (AvgIpc) is 2.29. The molecule has 0 saturated carbocycles. The molecule has 0 aromatic heterocycles. The first kappa shape index (κ1) is 12.6. The summed E-state index contributed by atoms with van der Waals surface area (Å²) in [5.74, 6) is -1.47. The maximum Gasteiger partial charge on any atom is 0.151 e. The predicted octanol–water partition coefficient (Wildman–Crippen LogP) is 4.25. The van der Waals surface area contributed by atoms with E-state index in [-0.39, 0.29) is 11.4 Å². The number of aryl methyl sites for hydroxylation is 1. The Kier molecular flexibility index (Phi) is 3.39. The summed E-state index contributed by atoms with van der Waals surface area (Å²) < 4.78 is 26.4. The average molecular weight is 269 g/mol. The molecule has 2 aromatic rings. The van der Waals surface area contributed by atoms with E-state index in [0.717, 1.165) is 17.7 Å². The molecule has 3 N–H and O–H groups in total. The van der Waals surface area contributed by atoms with E-state index in [2.05, 4.69) is 5.32 Å². The number of hydrogen-bond donors (Lipinski definition) is 2. The molecule has 0 radical (unpaired) electrons. The van der Waals surface area contributed by atoms with Gasteiger partial charge in [0.2, 0.25) is 0 Å². The van der Waals surface area contributed by atoms with E-state index in [0.29, 0.717) is 10.7 Å². The first-order chi connectivity index (χ1) is 8.47. The van der Waals surface area contributed by atoms with Gasteiger partial charge in [-0.1, -0.05) is 11.6 Å². The Bertz CT molecular complexity index is 600. The van der Waals surface area contributed by atoms with Crippen molar-refractivity contribution in [3.05, 3.63) is 52.6 Å². The number of nitrogens with two attached hydrogens (primary N) is 1. The van der Waals surface area contributed by atoms with Crippen molar-refractivity contribution in [1.29, 1.82) is 0 Å². The van der Waals surface area contributed by atoms with Gasteiger partial charge in [0, 0.05) is 16.8 Å². The van der Waals surface area contributed by atoms with Crippen molar-refractivity contribution in [3.8, 4) is 0 Å². The molecule has 2 nitrogen and oxygen atoms in total. The summed E-state index contributed by atoms with van der Waals surface area (Å²) in [7, 11) is 0. The highest BCUT2D eigenvalue weighted by Crippen LogP contribution is 2.29. The topological polar surface area (TPSA) is 38.0 Å². The SMILES string of the molecule is Cc1cc(Cl)ccc1Nc1cc(F)cc(F)c1N. The molecule has 5 heteroatoms. The van der Waals surface area contributed by atoms with Crippen LogP contribution in [0.1, 0.15) is 5.56 Å². The molecule has 0 bridgehead atoms. The maximum atomic E-state index is 13.3. The third-order valence-corrected chi connectivity index (χ3v) is 2.79. The van der Waals surface area contributed by atoms with E-state index in [1.165, 1.54) is 0 Å². The Labute approximate surface area is 108 Å². The molecule has 0 spiro atoms. The number of anilines is 3. The van der Waals surface area contributed by atoms with Crippen molar-refractivity contribution < 1.29 is 8.78 Å². The molecule has 2 rings (SSSR count). The van der Waals surface area contributed by atoms with E-state index < -0.39 is 11.6 Å². The largest absolute Gasteiger partial charge is 0.395 e. The van der Waals surface area contributed by atoms with Gasteiger partial charge in [0.25, 0.3) is 0 Å². The normalized spacial score (nSPS) is 10.4. The first-order valence-corrected chi connectivity index (χ1v) is 5.63. The van der Waals surface area contributed by atoms with Gasteiger partial charge >= 0.3 is 0 Å². The molecule has 0 aliphatic rings. The smallest absolute Gasteiger partial charge is 0.151 e. The Morgan fingerprint density at radius 3 is 2.50 bits per heavy atom. The molecule has 0 aliphatic heterocycles. The number of halogens is 3. The number of rotatable bonds is 2. The second kappa shape index (κ2) is 4.82. The summed E-state index contributed by atoms with van der Waals surface area (Å²) in [6.07, 6.45) is 0. The van der Waals surface area contributed by atoms with Crippen molar-refractivity contribution in [2.45, 2.75) is 6.92 Å². The van der Waals surface area contributed by atoms with Crippen molar-refractivity contribution in [3.63, 3.8) is 0 Å². The van der Waals surface area contributed by atoms with Crippen LogP contribution >= 0.6 is 11.6 Å². The zero-order valence-corrected chi connectivity index (χ0v) is 10.4. The molecule has 0 fully saturated rings. The molecule has 0 unspecified atom stereocenters. The third kappa shape index (κ3) is 2.54. The van der Waals surface area contributed by atoms with Gasteiger partial charge in [-0.3, -0.25) is 0 Å². The highest BCUT2D eigenvalue weighted by molar-refractivity contribution is 6.30. The minimum atomic E-state index is -0.788. The summed E-state index contributed by atoms with van der Waals surface area (Å²) >= 11 is 5.83. The maximum absolute atomic E-state index is 13.3. The lowest BCUT2D eigenvalue weighted by molar-refractivity contribution is 0.587. The number of hydrogen-bond acceptors (Lipinski definition) is 2. The van der Waals surface area contributed by atoms with Crippen molar-refractivity contribution in [1.82, 2.24) is 0 Å². The molecule has 18 heavy (non-hydrogen) atoms. The van der Waals surface area contributed by atoms with Gasteiger partial charge in [-0.25, -0.2) is 8.78 Å². The molecular weight excluding hydrogens is 258 g/mol. The fraction of sp³-hybridized carbons (Fsp3) is 0.0769. The molecule has 0 saturated heterocycles. The molecule has 94 valence electrons. The lowest BCUT2D eigenvalue weighted by atomic mass is 10.2. The Hall–Kier alpha value is -1.81. The highest BCUT2D eigenvalue weighted by atomic mass is 35.5. The zero-order chi connectivity index (χ0) is 13.3. The van der Waals surface area contributed by atoms with Gasteiger partial charge < -0.3 is 11.1 Å². The van der Waals surface area contributed by atoms with Crippen LogP contribution in [-0.4, -0.2) is 0 Å². The summed E-state index contributed by atoms with van der Waals surface area (Å²) in [5.41, 5.74) is 7.17. The van der Waals surface area contributed by atoms with E-state index in [1.54, 1.807) is 18.2 Å². The van der Waals surface area contributed by atoms with Gasteiger partial charge in [0.1, 0.15) is 5.82 Å². The number of benzene rings is 2. The van der Waals surface area contributed by atoms with Crippen molar-refractivity contribution in [2.75, 3.05) is 11.1 Å². The van der Waals surface area contributed by atoms with E-state index in [9.17, 15) is 8.78 Å². The quantitative estimate of drug-likeness (QED) is 0.799. The van der Waals surface area contributed by atoms with E-state index in [1.807, 2.05) is 6.92 Å². The standard InChI is InChI=1S/C13H11ClF2N2/c1-7-4-8(14)2-3-11(7)18-12-6-9(15)5-10(16)13(12)17/h2-6,18H,17H2,1H3. The lowest BCUT2D eigenvalue weighted by Gasteiger charge is -2.12.